The van der Waals surface area contributed by atoms with Crippen LogP contribution in [0.4, 0.5) is 10.2 Å². The molecular weight excluding hydrogens is 241 g/mol. The average Bonchev–Trinajstić information content (AvgIpc) is 2.40. The number of pyridine rings is 1. The fourth-order valence-electron chi connectivity index (χ4n) is 2.68. The molecule has 1 N–H and O–H groups in total. The maximum absolute atomic E-state index is 13.4. The van der Waals surface area contributed by atoms with Crippen molar-refractivity contribution in [2.45, 2.75) is 52.1 Å². The molecule has 0 bridgehead atoms. The summed E-state index contributed by atoms with van der Waals surface area (Å²) in [7, 11) is 0. The van der Waals surface area contributed by atoms with Gasteiger partial charge in [-0.2, -0.15) is 0 Å². The molecule has 1 saturated heterocycles. The van der Waals surface area contributed by atoms with Gasteiger partial charge in [-0.25, -0.2) is 9.37 Å². The lowest BCUT2D eigenvalue weighted by Gasteiger charge is -2.35. The summed E-state index contributed by atoms with van der Waals surface area (Å²) in [5.41, 5.74) is 0.974. The number of aromatic nitrogens is 1. The summed E-state index contributed by atoms with van der Waals surface area (Å²) in [4.78, 5) is 6.67. The molecule has 2 heterocycles. The average molecular weight is 265 g/mol. The SMILES string of the molecule is CCCNCc1cc(F)cnc1N1CCCCC1C. The number of halogens is 1. The van der Waals surface area contributed by atoms with Crippen LogP contribution in [0.25, 0.3) is 0 Å². The van der Waals surface area contributed by atoms with Crippen molar-refractivity contribution in [1.29, 1.82) is 0 Å². The highest BCUT2D eigenvalue weighted by Crippen LogP contribution is 2.26. The highest BCUT2D eigenvalue weighted by Gasteiger charge is 2.22. The van der Waals surface area contributed by atoms with Gasteiger partial charge in [-0.15, -0.1) is 0 Å². The molecule has 106 valence electrons. The number of nitrogens with zero attached hydrogens (tertiary/aromatic N) is 2. The van der Waals surface area contributed by atoms with Crippen LogP contribution >= 0.6 is 0 Å². The molecule has 2 rings (SSSR count). The van der Waals surface area contributed by atoms with Crippen molar-refractivity contribution in [3.63, 3.8) is 0 Å². The van der Waals surface area contributed by atoms with Crippen LogP contribution in [0.2, 0.25) is 0 Å². The lowest BCUT2D eigenvalue weighted by Crippen LogP contribution is -2.39. The third-order valence-corrected chi connectivity index (χ3v) is 3.73. The normalized spacial score (nSPS) is 19.7. The maximum atomic E-state index is 13.4. The third kappa shape index (κ3) is 3.66. The zero-order chi connectivity index (χ0) is 13.7. The van der Waals surface area contributed by atoms with Crippen LogP contribution < -0.4 is 10.2 Å². The van der Waals surface area contributed by atoms with E-state index in [1.807, 2.05) is 0 Å². The molecule has 1 aliphatic rings. The molecule has 1 aromatic rings. The molecule has 0 radical (unpaired) electrons. The lowest BCUT2D eigenvalue weighted by molar-refractivity contribution is 0.478. The highest BCUT2D eigenvalue weighted by atomic mass is 19.1. The zero-order valence-electron chi connectivity index (χ0n) is 12.0. The van der Waals surface area contributed by atoms with Gasteiger partial charge in [0.25, 0.3) is 0 Å². The minimum atomic E-state index is -0.248. The first-order valence-corrected chi connectivity index (χ1v) is 7.34. The molecule has 1 atom stereocenters. The van der Waals surface area contributed by atoms with Gasteiger partial charge in [0.15, 0.2) is 0 Å². The number of anilines is 1. The van der Waals surface area contributed by atoms with E-state index in [-0.39, 0.29) is 5.82 Å². The summed E-state index contributed by atoms with van der Waals surface area (Å²) in [6.07, 6.45) is 6.09. The van der Waals surface area contributed by atoms with Crippen LogP contribution in [0.3, 0.4) is 0 Å². The van der Waals surface area contributed by atoms with Crippen molar-refractivity contribution >= 4 is 5.82 Å². The maximum Gasteiger partial charge on any atom is 0.141 e. The number of piperidine rings is 1. The van der Waals surface area contributed by atoms with Crippen molar-refractivity contribution in [3.8, 4) is 0 Å². The molecule has 19 heavy (non-hydrogen) atoms. The lowest BCUT2D eigenvalue weighted by atomic mass is 10.0. The predicted molar refractivity (Wildman–Crippen MR) is 76.9 cm³/mol. The first kappa shape index (κ1) is 14.3. The van der Waals surface area contributed by atoms with Crippen molar-refractivity contribution in [1.82, 2.24) is 10.3 Å². The molecule has 0 spiro atoms. The van der Waals surface area contributed by atoms with Gasteiger partial charge in [-0.05, 0) is 45.2 Å². The molecule has 0 amide bonds. The molecule has 0 saturated carbocycles. The van der Waals surface area contributed by atoms with E-state index in [1.54, 1.807) is 6.07 Å². The van der Waals surface area contributed by atoms with Gasteiger partial charge in [0.05, 0.1) is 6.20 Å². The first-order chi connectivity index (χ1) is 9.22. The van der Waals surface area contributed by atoms with Crippen molar-refractivity contribution in [3.05, 3.63) is 23.6 Å². The van der Waals surface area contributed by atoms with Gasteiger partial charge in [0.2, 0.25) is 0 Å². The number of rotatable bonds is 5. The van der Waals surface area contributed by atoms with E-state index in [1.165, 1.54) is 25.5 Å². The molecule has 1 aromatic heterocycles. The summed E-state index contributed by atoms with van der Waals surface area (Å²) in [6, 6.07) is 2.11. The second-order valence-electron chi connectivity index (χ2n) is 5.35. The van der Waals surface area contributed by atoms with Gasteiger partial charge in [-0.3, -0.25) is 0 Å². The minimum Gasteiger partial charge on any atom is -0.354 e. The fraction of sp³-hybridized carbons (Fsp3) is 0.667. The number of nitrogens with one attached hydrogen (secondary N) is 1. The Morgan fingerprint density at radius 2 is 2.32 bits per heavy atom. The van der Waals surface area contributed by atoms with E-state index in [0.29, 0.717) is 12.6 Å². The fourth-order valence-corrected chi connectivity index (χ4v) is 2.68. The Labute approximate surface area is 115 Å². The zero-order valence-corrected chi connectivity index (χ0v) is 12.0. The smallest absolute Gasteiger partial charge is 0.141 e. The summed E-state index contributed by atoms with van der Waals surface area (Å²) in [5, 5.41) is 3.34. The quantitative estimate of drug-likeness (QED) is 0.829. The van der Waals surface area contributed by atoms with E-state index < -0.39 is 0 Å². The monoisotopic (exact) mass is 265 g/mol. The topological polar surface area (TPSA) is 28.2 Å². The Kier molecular flexibility index (Phi) is 5.14. The summed E-state index contributed by atoms with van der Waals surface area (Å²) >= 11 is 0. The minimum absolute atomic E-state index is 0.248. The largest absolute Gasteiger partial charge is 0.354 e. The molecule has 4 heteroatoms. The van der Waals surface area contributed by atoms with E-state index in [2.05, 4.69) is 29.0 Å². The Morgan fingerprint density at radius 1 is 1.47 bits per heavy atom. The van der Waals surface area contributed by atoms with Gasteiger partial charge in [0, 0.05) is 24.7 Å². The van der Waals surface area contributed by atoms with Crippen LogP contribution in [-0.2, 0) is 6.54 Å². The number of hydrogen-bond acceptors (Lipinski definition) is 3. The van der Waals surface area contributed by atoms with Crippen molar-refractivity contribution < 1.29 is 4.39 Å². The first-order valence-electron chi connectivity index (χ1n) is 7.34. The van der Waals surface area contributed by atoms with E-state index >= 15 is 0 Å². The van der Waals surface area contributed by atoms with Crippen LogP contribution in [-0.4, -0.2) is 24.1 Å². The van der Waals surface area contributed by atoms with Crippen LogP contribution in [0.1, 0.15) is 45.1 Å². The second kappa shape index (κ2) is 6.85. The van der Waals surface area contributed by atoms with Gasteiger partial charge >= 0.3 is 0 Å². The summed E-state index contributed by atoms with van der Waals surface area (Å²) in [6.45, 7) is 7.03. The molecule has 0 aromatic carbocycles. The van der Waals surface area contributed by atoms with Gasteiger partial charge in [-0.1, -0.05) is 6.92 Å². The Balaban J connectivity index is 2.17. The molecule has 1 unspecified atom stereocenters. The second-order valence-corrected chi connectivity index (χ2v) is 5.35. The highest BCUT2D eigenvalue weighted by molar-refractivity contribution is 5.48. The van der Waals surface area contributed by atoms with E-state index in [0.717, 1.165) is 30.9 Å². The third-order valence-electron chi connectivity index (χ3n) is 3.73. The van der Waals surface area contributed by atoms with Crippen LogP contribution in [0, 0.1) is 5.82 Å². The molecule has 3 nitrogen and oxygen atoms in total. The summed E-state index contributed by atoms with van der Waals surface area (Å²) < 4.78 is 13.4. The molecule has 1 aliphatic heterocycles. The molecule has 0 aliphatic carbocycles. The Hall–Kier alpha value is -1.16. The predicted octanol–water partition coefficient (Wildman–Crippen LogP) is 3.10. The Bertz CT molecular complexity index is 408. The molecular formula is C15H24FN3. The van der Waals surface area contributed by atoms with Gasteiger partial charge < -0.3 is 10.2 Å². The number of hydrogen-bond donors (Lipinski definition) is 1. The van der Waals surface area contributed by atoms with Gasteiger partial charge in [0.1, 0.15) is 11.6 Å². The Morgan fingerprint density at radius 3 is 3.05 bits per heavy atom. The van der Waals surface area contributed by atoms with Crippen molar-refractivity contribution in [2.24, 2.45) is 0 Å². The van der Waals surface area contributed by atoms with E-state index in [9.17, 15) is 4.39 Å². The molecule has 1 fully saturated rings. The van der Waals surface area contributed by atoms with Crippen molar-refractivity contribution in [2.75, 3.05) is 18.0 Å². The van der Waals surface area contributed by atoms with E-state index in [4.69, 9.17) is 0 Å². The standard InChI is InChI=1S/C15H24FN3/c1-3-7-17-10-13-9-14(16)11-18-15(13)19-8-5-4-6-12(19)2/h9,11-12,17H,3-8,10H2,1-2H3. The van der Waals surface area contributed by atoms with Crippen LogP contribution in [0.5, 0.6) is 0 Å². The summed E-state index contributed by atoms with van der Waals surface area (Å²) in [5.74, 6) is 0.707. The van der Waals surface area contributed by atoms with Crippen LogP contribution in [0.15, 0.2) is 12.3 Å².